The molecule has 1 aromatic heterocycles. The fraction of sp³-hybridized carbons (Fsp3) is 0.217. The van der Waals surface area contributed by atoms with E-state index in [1.807, 2.05) is 36.4 Å². The van der Waals surface area contributed by atoms with E-state index in [4.69, 9.17) is 14.2 Å². The number of hydrogen-bond donors (Lipinski definition) is 0. The van der Waals surface area contributed by atoms with Crippen molar-refractivity contribution in [1.82, 2.24) is 9.88 Å². The summed E-state index contributed by atoms with van der Waals surface area (Å²) in [5.41, 5.74) is 3.49. The molecular weight excluding hydrogens is 368 g/mol. The van der Waals surface area contributed by atoms with Crippen molar-refractivity contribution in [2.75, 3.05) is 27.4 Å². The standard InChI is InChI=1S/C23H22N2O4/c1-27-20-5-3-4-17(13-20)18-12-19-15-25(23(26)16-6-8-24-9-7-16)10-11-29-22(19)21(14-18)28-2/h3-9,12-14H,10-11,15H2,1-2H3. The molecule has 0 N–H and O–H groups in total. The molecule has 0 atom stereocenters. The van der Waals surface area contributed by atoms with Crippen molar-refractivity contribution < 1.29 is 19.0 Å². The van der Waals surface area contributed by atoms with E-state index in [9.17, 15) is 4.79 Å². The molecular formula is C23H22N2O4. The molecule has 148 valence electrons. The minimum Gasteiger partial charge on any atom is -0.497 e. The van der Waals surface area contributed by atoms with Gasteiger partial charge in [0.25, 0.3) is 5.91 Å². The summed E-state index contributed by atoms with van der Waals surface area (Å²) >= 11 is 0. The zero-order valence-corrected chi connectivity index (χ0v) is 16.4. The van der Waals surface area contributed by atoms with E-state index in [1.165, 1.54) is 0 Å². The van der Waals surface area contributed by atoms with Gasteiger partial charge < -0.3 is 19.1 Å². The van der Waals surface area contributed by atoms with Gasteiger partial charge in [0.15, 0.2) is 11.5 Å². The SMILES string of the molecule is COc1cccc(-c2cc3c(c(OC)c2)OCCN(C(=O)c2ccncc2)C3)c1. The maximum absolute atomic E-state index is 13.0. The highest BCUT2D eigenvalue weighted by molar-refractivity contribution is 5.94. The summed E-state index contributed by atoms with van der Waals surface area (Å²) in [5, 5.41) is 0. The zero-order valence-electron chi connectivity index (χ0n) is 16.4. The first-order valence-electron chi connectivity index (χ1n) is 9.37. The Morgan fingerprint density at radius 3 is 2.62 bits per heavy atom. The van der Waals surface area contributed by atoms with Gasteiger partial charge in [0.1, 0.15) is 12.4 Å². The Bertz CT molecular complexity index is 1020. The number of fused-ring (bicyclic) bond motifs is 1. The third kappa shape index (κ3) is 3.87. The van der Waals surface area contributed by atoms with Crippen LogP contribution in [-0.2, 0) is 6.54 Å². The molecule has 0 aliphatic carbocycles. The van der Waals surface area contributed by atoms with Crippen LogP contribution >= 0.6 is 0 Å². The highest BCUT2D eigenvalue weighted by Crippen LogP contribution is 2.39. The molecule has 0 saturated carbocycles. The number of aromatic nitrogens is 1. The smallest absolute Gasteiger partial charge is 0.254 e. The Labute approximate surface area is 169 Å². The van der Waals surface area contributed by atoms with Gasteiger partial charge in [-0.3, -0.25) is 9.78 Å². The Morgan fingerprint density at radius 2 is 1.86 bits per heavy atom. The molecule has 1 aliphatic heterocycles. The van der Waals surface area contributed by atoms with Gasteiger partial charge in [-0.05, 0) is 47.5 Å². The van der Waals surface area contributed by atoms with Crippen LogP contribution in [0.5, 0.6) is 17.2 Å². The fourth-order valence-electron chi connectivity index (χ4n) is 3.46. The van der Waals surface area contributed by atoms with Gasteiger partial charge in [-0.25, -0.2) is 0 Å². The van der Waals surface area contributed by atoms with Crippen LogP contribution in [0.15, 0.2) is 60.9 Å². The van der Waals surface area contributed by atoms with E-state index in [2.05, 4.69) is 4.98 Å². The Hall–Kier alpha value is -3.54. The van der Waals surface area contributed by atoms with Gasteiger partial charge in [0, 0.05) is 30.1 Å². The molecule has 4 rings (SSSR count). The minimum absolute atomic E-state index is 0.0467. The quantitative estimate of drug-likeness (QED) is 0.678. The maximum atomic E-state index is 13.0. The molecule has 3 aromatic rings. The molecule has 0 bridgehead atoms. The van der Waals surface area contributed by atoms with Crippen LogP contribution in [0.2, 0.25) is 0 Å². The predicted molar refractivity (Wildman–Crippen MR) is 109 cm³/mol. The van der Waals surface area contributed by atoms with Gasteiger partial charge in [-0.2, -0.15) is 0 Å². The molecule has 2 aromatic carbocycles. The minimum atomic E-state index is -0.0467. The van der Waals surface area contributed by atoms with Crippen LogP contribution < -0.4 is 14.2 Å². The normalized spacial score (nSPS) is 13.1. The van der Waals surface area contributed by atoms with Crippen LogP contribution in [0.4, 0.5) is 0 Å². The molecule has 0 saturated heterocycles. The number of methoxy groups -OCH3 is 2. The molecule has 0 unspecified atom stereocenters. The van der Waals surface area contributed by atoms with Crippen molar-refractivity contribution in [2.45, 2.75) is 6.54 Å². The lowest BCUT2D eigenvalue weighted by Crippen LogP contribution is -2.32. The lowest BCUT2D eigenvalue weighted by Gasteiger charge is -2.20. The lowest BCUT2D eigenvalue weighted by atomic mass is 10.0. The van der Waals surface area contributed by atoms with Crippen molar-refractivity contribution in [3.8, 4) is 28.4 Å². The van der Waals surface area contributed by atoms with E-state index < -0.39 is 0 Å². The monoisotopic (exact) mass is 390 g/mol. The molecule has 0 radical (unpaired) electrons. The summed E-state index contributed by atoms with van der Waals surface area (Å²) in [6.07, 6.45) is 3.25. The van der Waals surface area contributed by atoms with Crippen molar-refractivity contribution in [3.05, 3.63) is 72.1 Å². The summed E-state index contributed by atoms with van der Waals surface area (Å²) in [4.78, 5) is 18.7. The van der Waals surface area contributed by atoms with Crippen molar-refractivity contribution in [1.29, 1.82) is 0 Å². The second-order valence-electron chi connectivity index (χ2n) is 6.71. The number of amides is 1. The summed E-state index contributed by atoms with van der Waals surface area (Å²) in [6, 6.07) is 15.3. The summed E-state index contributed by atoms with van der Waals surface area (Å²) in [6.45, 7) is 1.33. The van der Waals surface area contributed by atoms with Crippen LogP contribution in [-0.4, -0.2) is 43.2 Å². The van der Waals surface area contributed by atoms with Gasteiger partial charge >= 0.3 is 0 Å². The third-order valence-corrected chi connectivity index (χ3v) is 4.94. The van der Waals surface area contributed by atoms with Crippen LogP contribution in [0.1, 0.15) is 15.9 Å². The van der Waals surface area contributed by atoms with Gasteiger partial charge in [0.05, 0.1) is 20.8 Å². The first-order valence-corrected chi connectivity index (χ1v) is 9.37. The number of hydrogen-bond acceptors (Lipinski definition) is 5. The second-order valence-corrected chi connectivity index (χ2v) is 6.71. The molecule has 29 heavy (non-hydrogen) atoms. The summed E-state index contributed by atoms with van der Waals surface area (Å²) in [7, 11) is 3.27. The van der Waals surface area contributed by atoms with Gasteiger partial charge in [-0.15, -0.1) is 0 Å². The first-order chi connectivity index (χ1) is 14.2. The molecule has 1 amide bonds. The molecule has 1 aliphatic rings. The van der Waals surface area contributed by atoms with Crippen LogP contribution in [0, 0.1) is 0 Å². The number of rotatable bonds is 4. The topological polar surface area (TPSA) is 60.9 Å². The Morgan fingerprint density at radius 1 is 1.03 bits per heavy atom. The lowest BCUT2D eigenvalue weighted by molar-refractivity contribution is 0.0733. The number of nitrogens with zero attached hydrogens (tertiary/aromatic N) is 2. The summed E-state index contributed by atoms with van der Waals surface area (Å²) in [5.74, 6) is 2.07. The van der Waals surface area contributed by atoms with E-state index in [0.29, 0.717) is 36.8 Å². The van der Waals surface area contributed by atoms with Crippen LogP contribution in [0.3, 0.4) is 0 Å². The van der Waals surface area contributed by atoms with E-state index in [1.54, 1.807) is 43.6 Å². The largest absolute Gasteiger partial charge is 0.497 e. The van der Waals surface area contributed by atoms with E-state index in [0.717, 1.165) is 22.4 Å². The highest BCUT2D eigenvalue weighted by atomic mass is 16.5. The van der Waals surface area contributed by atoms with E-state index >= 15 is 0 Å². The third-order valence-electron chi connectivity index (χ3n) is 4.94. The van der Waals surface area contributed by atoms with Crippen molar-refractivity contribution >= 4 is 5.91 Å². The Balaban J connectivity index is 1.72. The molecule has 6 heteroatoms. The van der Waals surface area contributed by atoms with E-state index in [-0.39, 0.29) is 5.91 Å². The Kier molecular flexibility index (Phi) is 5.33. The predicted octanol–water partition coefficient (Wildman–Crippen LogP) is 3.80. The van der Waals surface area contributed by atoms with Crippen molar-refractivity contribution in [2.24, 2.45) is 0 Å². The molecule has 6 nitrogen and oxygen atoms in total. The summed E-state index contributed by atoms with van der Waals surface area (Å²) < 4.78 is 16.9. The van der Waals surface area contributed by atoms with Gasteiger partial charge in [-0.1, -0.05) is 12.1 Å². The number of ether oxygens (including phenoxy) is 3. The number of pyridine rings is 1. The van der Waals surface area contributed by atoms with Crippen LogP contribution in [0.25, 0.3) is 11.1 Å². The maximum Gasteiger partial charge on any atom is 0.254 e. The van der Waals surface area contributed by atoms with Crippen molar-refractivity contribution in [3.63, 3.8) is 0 Å². The first kappa shape index (κ1) is 18.8. The zero-order chi connectivity index (χ0) is 20.2. The molecule has 2 heterocycles. The average Bonchev–Trinajstić information content (AvgIpc) is 3.01. The van der Waals surface area contributed by atoms with Gasteiger partial charge in [0.2, 0.25) is 0 Å². The molecule has 0 fully saturated rings. The highest BCUT2D eigenvalue weighted by Gasteiger charge is 2.24. The number of benzene rings is 2. The second kappa shape index (κ2) is 8.22. The number of carbonyl (C=O) groups is 1. The number of carbonyl (C=O) groups excluding carboxylic acids is 1. The average molecular weight is 390 g/mol. The fourth-order valence-corrected chi connectivity index (χ4v) is 3.46. The molecule has 0 spiro atoms.